The molecule has 0 aromatic rings. The van der Waals surface area contributed by atoms with Gasteiger partial charge in [0.2, 0.25) is 0 Å². The summed E-state index contributed by atoms with van der Waals surface area (Å²) in [6.45, 7) is 11.6. The third-order valence-electron chi connectivity index (χ3n) is 2.71. The van der Waals surface area contributed by atoms with Gasteiger partial charge in [0.05, 0.1) is 6.10 Å². The molecule has 0 N–H and O–H groups in total. The molecule has 0 aliphatic rings. The average Bonchev–Trinajstić information content (AvgIpc) is 2.26. The Balaban J connectivity index is 0. The van der Waals surface area contributed by atoms with Crippen LogP contribution in [0.4, 0.5) is 0 Å². The van der Waals surface area contributed by atoms with Crippen LogP contribution in [-0.2, 0) is 25.8 Å². The van der Waals surface area contributed by atoms with Crippen molar-refractivity contribution >= 4 is 0 Å². The summed E-state index contributed by atoms with van der Waals surface area (Å²) >= 11 is 0. The van der Waals surface area contributed by atoms with E-state index in [1.54, 1.807) is 0 Å². The molecule has 0 rings (SSSR count). The summed E-state index contributed by atoms with van der Waals surface area (Å²) in [6, 6.07) is 0. The van der Waals surface area contributed by atoms with E-state index in [0.717, 1.165) is 13.0 Å². The fourth-order valence-corrected chi connectivity index (χ4v) is 1.31. The van der Waals surface area contributed by atoms with Gasteiger partial charge in [-0.25, -0.2) is 0 Å². The van der Waals surface area contributed by atoms with Crippen molar-refractivity contribution in [2.24, 2.45) is 11.8 Å². The molecule has 100 valence electrons. The first-order valence-electron chi connectivity index (χ1n) is 6.32. The second kappa shape index (κ2) is 12.6. The van der Waals surface area contributed by atoms with Crippen LogP contribution >= 0.6 is 0 Å². The number of allylic oxidation sites excluding steroid dienone is 3. The molecule has 0 aliphatic heterocycles. The molecular weight excluding hydrogens is 380 g/mol. The van der Waals surface area contributed by atoms with E-state index in [0.29, 0.717) is 11.8 Å². The minimum atomic E-state index is 0. The molecule has 0 bridgehead atoms. The van der Waals surface area contributed by atoms with Crippen molar-refractivity contribution in [3.8, 4) is 0 Å². The van der Waals surface area contributed by atoms with E-state index in [-0.39, 0.29) is 27.2 Å². The second-order valence-electron chi connectivity index (χ2n) is 4.59. The number of ether oxygens (including phenoxy) is 1. The minimum Gasteiger partial charge on any atom is -0.374 e. The molecule has 1 nitrogen and oxygen atoms in total. The van der Waals surface area contributed by atoms with Crippen molar-refractivity contribution in [1.82, 2.24) is 0 Å². The third-order valence-corrected chi connectivity index (χ3v) is 2.71. The Morgan fingerprint density at radius 1 is 1.18 bits per heavy atom. The maximum absolute atomic E-state index is 5.88. The van der Waals surface area contributed by atoms with Crippen LogP contribution in [0.3, 0.4) is 0 Å². The Bertz CT molecular complexity index is 209. The maximum atomic E-state index is 5.88. The molecule has 0 heterocycles. The summed E-state index contributed by atoms with van der Waals surface area (Å²) in [6.07, 6.45) is 11.9. The fraction of sp³-hybridized carbons (Fsp3) is 0.667. The predicted molar refractivity (Wildman–Crippen MR) is 72.3 cm³/mol. The molecular formula is C15H27OW-. The first-order chi connectivity index (χ1) is 7.61. The molecule has 0 radical (unpaired) electrons. The first-order valence-corrected chi connectivity index (χ1v) is 6.32. The first kappa shape index (κ1) is 19.5. The molecule has 0 amide bonds. The summed E-state index contributed by atoms with van der Waals surface area (Å²) in [7, 11) is 0. The molecule has 0 saturated heterocycles. The molecule has 0 saturated carbocycles. The fourth-order valence-electron chi connectivity index (χ4n) is 1.31. The summed E-state index contributed by atoms with van der Waals surface area (Å²) in [4.78, 5) is 0. The van der Waals surface area contributed by atoms with Crippen LogP contribution in [0, 0.1) is 18.3 Å². The number of hydrogen-bond donors (Lipinski definition) is 0. The molecule has 2 atom stereocenters. The molecule has 0 spiro atoms. The van der Waals surface area contributed by atoms with Crippen LogP contribution in [-0.4, -0.2) is 12.7 Å². The van der Waals surface area contributed by atoms with Gasteiger partial charge in [-0.15, -0.1) is 0 Å². The van der Waals surface area contributed by atoms with E-state index in [4.69, 9.17) is 4.74 Å². The Morgan fingerprint density at radius 3 is 2.29 bits per heavy atom. The van der Waals surface area contributed by atoms with Crippen molar-refractivity contribution < 1.29 is 25.8 Å². The maximum Gasteiger partial charge on any atom is 0.0781 e. The standard InChI is InChI=1S/C15H27O.W/c1-6-8-9-10-15(13(3)4)16-12-11-14(5)7-2;/h6-10,13-15H,11-12H2,1-5H3;/q-1;/b8-6+,10-9-;. The van der Waals surface area contributed by atoms with Gasteiger partial charge < -0.3 is 11.2 Å². The van der Waals surface area contributed by atoms with Crippen molar-refractivity contribution in [3.63, 3.8) is 0 Å². The SMILES string of the molecule is C/C=C/C=C\C(OCCC(C)[CH-]C)C(C)C.[W]. The van der Waals surface area contributed by atoms with Crippen molar-refractivity contribution in [1.29, 1.82) is 0 Å². The predicted octanol–water partition coefficient (Wildman–Crippen LogP) is 4.41. The van der Waals surface area contributed by atoms with Gasteiger partial charge in [-0.2, -0.15) is 12.8 Å². The Morgan fingerprint density at radius 2 is 1.82 bits per heavy atom. The molecule has 2 unspecified atom stereocenters. The quantitative estimate of drug-likeness (QED) is 0.428. The molecule has 0 aliphatic carbocycles. The third kappa shape index (κ3) is 11.0. The van der Waals surface area contributed by atoms with E-state index < -0.39 is 0 Å². The summed E-state index contributed by atoms with van der Waals surface area (Å²) in [5.41, 5.74) is 0. The largest absolute Gasteiger partial charge is 0.374 e. The minimum absolute atomic E-state index is 0. The van der Waals surface area contributed by atoms with Gasteiger partial charge in [-0.05, 0) is 12.8 Å². The average molecular weight is 407 g/mol. The van der Waals surface area contributed by atoms with Crippen LogP contribution in [0.1, 0.15) is 41.0 Å². The molecule has 17 heavy (non-hydrogen) atoms. The normalized spacial score (nSPS) is 15.4. The Labute approximate surface area is 122 Å². The molecule has 0 fully saturated rings. The van der Waals surface area contributed by atoms with Crippen LogP contribution in [0.15, 0.2) is 24.3 Å². The summed E-state index contributed by atoms with van der Waals surface area (Å²) in [5.74, 6) is 1.18. The summed E-state index contributed by atoms with van der Waals surface area (Å²) in [5, 5.41) is 0. The van der Waals surface area contributed by atoms with Crippen LogP contribution in [0.25, 0.3) is 0 Å². The molecule has 0 aromatic heterocycles. The zero-order valence-electron chi connectivity index (χ0n) is 11.8. The van der Waals surface area contributed by atoms with Gasteiger partial charge in [0.1, 0.15) is 0 Å². The second-order valence-corrected chi connectivity index (χ2v) is 4.59. The van der Waals surface area contributed by atoms with Gasteiger partial charge >= 0.3 is 0 Å². The van der Waals surface area contributed by atoms with Gasteiger partial charge in [0, 0.05) is 27.7 Å². The van der Waals surface area contributed by atoms with Gasteiger partial charge in [0.15, 0.2) is 0 Å². The van der Waals surface area contributed by atoms with E-state index in [1.807, 2.05) is 19.1 Å². The number of hydrogen-bond acceptors (Lipinski definition) is 1. The van der Waals surface area contributed by atoms with Gasteiger partial charge in [-0.3, -0.25) is 0 Å². The van der Waals surface area contributed by atoms with Crippen molar-refractivity contribution in [3.05, 3.63) is 30.7 Å². The van der Waals surface area contributed by atoms with Crippen LogP contribution < -0.4 is 0 Å². The van der Waals surface area contributed by atoms with E-state index in [2.05, 4.69) is 46.3 Å². The zero-order chi connectivity index (χ0) is 12.4. The number of rotatable bonds is 8. The van der Waals surface area contributed by atoms with Gasteiger partial charge in [-0.1, -0.05) is 51.5 Å². The van der Waals surface area contributed by atoms with Crippen LogP contribution in [0.5, 0.6) is 0 Å². The monoisotopic (exact) mass is 407 g/mol. The van der Waals surface area contributed by atoms with Crippen LogP contribution in [0.2, 0.25) is 0 Å². The smallest absolute Gasteiger partial charge is 0.0781 e. The Kier molecular flexibility index (Phi) is 14.4. The van der Waals surface area contributed by atoms with Gasteiger partial charge in [0.25, 0.3) is 0 Å². The molecule has 2 heteroatoms. The Hall–Kier alpha value is 0.128. The van der Waals surface area contributed by atoms with E-state index in [9.17, 15) is 0 Å². The van der Waals surface area contributed by atoms with E-state index >= 15 is 0 Å². The van der Waals surface area contributed by atoms with Crippen molar-refractivity contribution in [2.75, 3.05) is 6.61 Å². The van der Waals surface area contributed by atoms with E-state index in [1.165, 1.54) is 0 Å². The van der Waals surface area contributed by atoms with Crippen molar-refractivity contribution in [2.45, 2.75) is 47.1 Å². The zero-order valence-corrected chi connectivity index (χ0v) is 14.8. The summed E-state index contributed by atoms with van der Waals surface area (Å²) < 4.78 is 5.88. The molecule has 0 aromatic carbocycles. The topological polar surface area (TPSA) is 9.23 Å².